The van der Waals surface area contributed by atoms with Gasteiger partial charge in [0.25, 0.3) is 0 Å². The van der Waals surface area contributed by atoms with E-state index in [2.05, 4.69) is 32.0 Å². The van der Waals surface area contributed by atoms with Crippen molar-refractivity contribution in [2.75, 3.05) is 13.7 Å². The summed E-state index contributed by atoms with van der Waals surface area (Å²) in [4.78, 5) is 8.59. The van der Waals surface area contributed by atoms with Crippen molar-refractivity contribution in [3.63, 3.8) is 0 Å². The Balaban J connectivity index is 2.23. The average molecular weight is 321 g/mol. The number of aromatic nitrogens is 3. The number of hydrogen-bond donors (Lipinski definition) is 0. The molecule has 0 amide bonds. The lowest BCUT2D eigenvalue weighted by Gasteiger charge is -2.04. The SMILES string of the molecule is COCCCn1cnc(-c2cc(C#N)ccn2)c1Br. The smallest absolute Gasteiger partial charge is 0.121 e. The summed E-state index contributed by atoms with van der Waals surface area (Å²) < 4.78 is 7.89. The minimum Gasteiger partial charge on any atom is -0.385 e. The van der Waals surface area contributed by atoms with Crippen molar-refractivity contribution < 1.29 is 4.74 Å². The van der Waals surface area contributed by atoms with Crippen molar-refractivity contribution in [2.45, 2.75) is 13.0 Å². The van der Waals surface area contributed by atoms with Gasteiger partial charge in [0.2, 0.25) is 0 Å². The van der Waals surface area contributed by atoms with Crippen molar-refractivity contribution in [1.29, 1.82) is 5.26 Å². The molecule has 0 bridgehead atoms. The van der Waals surface area contributed by atoms with Crippen LogP contribution in [0.15, 0.2) is 29.3 Å². The summed E-state index contributed by atoms with van der Waals surface area (Å²) in [7, 11) is 1.69. The Bertz CT molecular complexity index is 603. The molecule has 0 aromatic carbocycles. The summed E-state index contributed by atoms with van der Waals surface area (Å²) in [6.07, 6.45) is 4.29. The van der Waals surface area contributed by atoms with Gasteiger partial charge in [0.1, 0.15) is 10.3 Å². The van der Waals surface area contributed by atoms with Gasteiger partial charge in [-0.2, -0.15) is 5.26 Å². The third-order valence-electron chi connectivity index (χ3n) is 2.65. The van der Waals surface area contributed by atoms with Crippen LogP contribution in [-0.2, 0) is 11.3 Å². The predicted molar refractivity (Wildman–Crippen MR) is 74.4 cm³/mol. The molecule has 19 heavy (non-hydrogen) atoms. The van der Waals surface area contributed by atoms with Crippen LogP contribution in [0.5, 0.6) is 0 Å². The lowest BCUT2D eigenvalue weighted by molar-refractivity contribution is 0.190. The van der Waals surface area contributed by atoms with Crippen molar-refractivity contribution in [3.8, 4) is 17.5 Å². The number of halogens is 1. The van der Waals surface area contributed by atoms with Crippen LogP contribution in [-0.4, -0.2) is 28.3 Å². The highest BCUT2D eigenvalue weighted by atomic mass is 79.9. The van der Waals surface area contributed by atoms with Crippen LogP contribution < -0.4 is 0 Å². The third kappa shape index (κ3) is 3.19. The second kappa shape index (κ2) is 6.45. The molecule has 5 nitrogen and oxygen atoms in total. The number of imidazole rings is 1. The number of nitrogens with zero attached hydrogens (tertiary/aromatic N) is 4. The molecular formula is C13H13BrN4O. The lowest BCUT2D eigenvalue weighted by Crippen LogP contribution is -2.00. The number of nitriles is 1. The van der Waals surface area contributed by atoms with Gasteiger partial charge in [-0.15, -0.1) is 0 Å². The monoisotopic (exact) mass is 320 g/mol. The van der Waals surface area contributed by atoms with Gasteiger partial charge in [-0.25, -0.2) is 4.98 Å². The largest absolute Gasteiger partial charge is 0.385 e. The molecule has 2 aromatic rings. The van der Waals surface area contributed by atoms with Crippen LogP contribution in [0.4, 0.5) is 0 Å². The molecule has 2 rings (SSSR count). The number of aryl methyl sites for hydroxylation is 1. The number of methoxy groups -OCH3 is 1. The van der Waals surface area contributed by atoms with Gasteiger partial charge in [-0.3, -0.25) is 4.98 Å². The molecule has 0 aliphatic rings. The summed E-state index contributed by atoms with van der Waals surface area (Å²) in [5.41, 5.74) is 2.01. The van der Waals surface area contributed by atoms with Crippen molar-refractivity contribution in [1.82, 2.24) is 14.5 Å². The Morgan fingerprint density at radius 2 is 2.32 bits per heavy atom. The van der Waals surface area contributed by atoms with Crippen LogP contribution in [0, 0.1) is 11.3 Å². The normalized spacial score (nSPS) is 10.4. The van der Waals surface area contributed by atoms with Gasteiger partial charge in [-0.1, -0.05) is 0 Å². The highest BCUT2D eigenvalue weighted by Crippen LogP contribution is 2.25. The molecule has 0 saturated carbocycles. The maximum atomic E-state index is 8.90. The van der Waals surface area contributed by atoms with E-state index in [9.17, 15) is 0 Å². The third-order valence-corrected chi connectivity index (χ3v) is 3.48. The van der Waals surface area contributed by atoms with E-state index in [1.165, 1.54) is 0 Å². The average Bonchev–Trinajstić information content (AvgIpc) is 2.81. The number of ether oxygens (including phenoxy) is 1. The molecule has 2 heterocycles. The molecule has 0 aliphatic carbocycles. The van der Waals surface area contributed by atoms with Gasteiger partial charge < -0.3 is 9.30 Å². The van der Waals surface area contributed by atoms with E-state index in [4.69, 9.17) is 10.00 Å². The van der Waals surface area contributed by atoms with E-state index in [-0.39, 0.29) is 0 Å². The van der Waals surface area contributed by atoms with E-state index < -0.39 is 0 Å². The Kier molecular flexibility index (Phi) is 4.66. The Hall–Kier alpha value is -1.71. The molecule has 0 spiro atoms. The first-order valence-electron chi connectivity index (χ1n) is 5.82. The van der Waals surface area contributed by atoms with E-state index in [1.54, 1.807) is 31.8 Å². The number of pyridine rings is 1. The van der Waals surface area contributed by atoms with Crippen molar-refractivity contribution in [3.05, 3.63) is 34.8 Å². The molecule has 98 valence electrons. The summed E-state index contributed by atoms with van der Waals surface area (Å²) in [6, 6.07) is 5.50. The second-order valence-electron chi connectivity index (χ2n) is 3.97. The Morgan fingerprint density at radius 1 is 1.47 bits per heavy atom. The number of hydrogen-bond acceptors (Lipinski definition) is 4. The molecule has 0 N–H and O–H groups in total. The molecule has 6 heteroatoms. The molecule has 0 unspecified atom stereocenters. The summed E-state index contributed by atoms with van der Waals surface area (Å²) in [6.45, 7) is 1.53. The van der Waals surface area contributed by atoms with Gasteiger partial charge >= 0.3 is 0 Å². The zero-order valence-electron chi connectivity index (χ0n) is 10.5. The maximum Gasteiger partial charge on any atom is 0.121 e. The van der Waals surface area contributed by atoms with Crippen molar-refractivity contribution in [2.24, 2.45) is 0 Å². The fourth-order valence-electron chi connectivity index (χ4n) is 1.70. The van der Waals surface area contributed by atoms with Gasteiger partial charge in [0, 0.05) is 26.5 Å². The predicted octanol–water partition coefficient (Wildman–Crippen LogP) is 2.62. The summed E-state index contributed by atoms with van der Waals surface area (Å²) >= 11 is 3.52. The van der Waals surface area contributed by atoms with Crippen molar-refractivity contribution >= 4 is 15.9 Å². The highest BCUT2D eigenvalue weighted by molar-refractivity contribution is 9.10. The molecule has 0 radical (unpaired) electrons. The van der Waals surface area contributed by atoms with Gasteiger partial charge in [0.15, 0.2) is 0 Å². The zero-order valence-corrected chi connectivity index (χ0v) is 12.1. The molecule has 0 atom stereocenters. The molecule has 0 aliphatic heterocycles. The fourth-order valence-corrected chi connectivity index (χ4v) is 2.28. The molecule has 2 aromatic heterocycles. The quantitative estimate of drug-likeness (QED) is 0.794. The molecular weight excluding hydrogens is 308 g/mol. The minimum atomic E-state index is 0.575. The van der Waals surface area contributed by atoms with Gasteiger partial charge in [0.05, 0.1) is 23.7 Å². The summed E-state index contributed by atoms with van der Waals surface area (Å²) in [5.74, 6) is 0. The summed E-state index contributed by atoms with van der Waals surface area (Å²) in [5, 5.41) is 8.90. The van der Waals surface area contributed by atoms with Gasteiger partial charge in [-0.05, 0) is 34.5 Å². The van der Waals surface area contributed by atoms with Crippen LogP contribution >= 0.6 is 15.9 Å². The molecule has 0 saturated heterocycles. The Morgan fingerprint density at radius 3 is 3.05 bits per heavy atom. The fraction of sp³-hybridized carbons (Fsp3) is 0.308. The van der Waals surface area contributed by atoms with E-state index in [0.29, 0.717) is 17.9 Å². The maximum absolute atomic E-state index is 8.90. The first-order chi connectivity index (χ1) is 9.26. The van der Waals surface area contributed by atoms with E-state index in [1.807, 2.05) is 4.57 Å². The minimum absolute atomic E-state index is 0.575. The topological polar surface area (TPSA) is 63.7 Å². The first-order valence-corrected chi connectivity index (χ1v) is 6.61. The van der Waals surface area contributed by atoms with Crippen LogP contribution in [0.25, 0.3) is 11.4 Å². The second-order valence-corrected chi connectivity index (χ2v) is 4.72. The van der Waals surface area contributed by atoms with Crippen LogP contribution in [0.3, 0.4) is 0 Å². The lowest BCUT2D eigenvalue weighted by atomic mass is 10.2. The zero-order chi connectivity index (χ0) is 13.7. The van der Waals surface area contributed by atoms with Crippen LogP contribution in [0.2, 0.25) is 0 Å². The van der Waals surface area contributed by atoms with E-state index >= 15 is 0 Å². The highest BCUT2D eigenvalue weighted by Gasteiger charge is 2.11. The standard InChI is InChI=1S/C13H13BrN4O/c1-19-6-2-5-18-9-17-12(13(18)14)11-7-10(8-15)3-4-16-11/h3-4,7,9H,2,5-6H2,1H3. The van der Waals surface area contributed by atoms with Crippen LogP contribution in [0.1, 0.15) is 12.0 Å². The number of rotatable bonds is 5. The Labute approximate surface area is 120 Å². The first kappa shape index (κ1) is 13.7. The molecule has 0 fully saturated rings. The van der Waals surface area contributed by atoms with E-state index in [0.717, 1.165) is 23.3 Å².